The van der Waals surface area contributed by atoms with Gasteiger partial charge in [-0.15, -0.1) is 12.4 Å². The van der Waals surface area contributed by atoms with Crippen LogP contribution in [0.3, 0.4) is 0 Å². The third-order valence-electron chi connectivity index (χ3n) is 7.78. The van der Waals surface area contributed by atoms with Crippen molar-refractivity contribution in [3.05, 3.63) is 71.8 Å². The maximum atomic E-state index is 13.2. The summed E-state index contributed by atoms with van der Waals surface area (Å²) in [5, 5.41) is 14.1. The van der Waals surface area contributed by atoms with E-state index in [0.29, 0.717) is 53.8 Å². The first-order valence-corrected chi connectivity index (χ1v) is 15.4. The molecule has 0 unspecified atom stereocenters. The lowest BCUT2D eigenvalue weighted by Gasteiger charge is -2.10. The molecule has 5 N–H and O–H groups in total. The number of hydrogen-bond donors (Lipinski definition) is 5. The average molecular weight is 696 g/mol. The second-order valence-corrected chi connectivity index (χ2v) is 12.1. The summed E-state index contributed by atoms with van der Waals surface area (Å²) in [6, 6.07) is 6.07. The summed E-state index contributed by atoms with van der Waals surface area (Å²) in [7, 11) is 10.7. The summed E-state index contributed by atoms with van der Waals surface area (Å²) in [6.45, 7) is 2.82. The Bertz CT molecular complexity index is 1880. The van der Waals surface area contributed by atoms with Crippen molar-refractivity contribution in [2.45, 2.75) is 6.42 Å². The zero-order valence-electron chi connectivity index (χ0n) is 28.3. The van der Waals surface area contributed by atoms with Crippen molar-refractivity contribution < 1.29 is 24.0 Å². The minimum Gasteiger partial charge on any atom is -0.351 e. The molecule has 16 nitrogen and oxygen atoms in total. The maximum Gasteiger partial charge on any atom is 0.322 e. The van der Waals surface area contributed by atoms with E-state index >= 15 is 0 Å². The van der Waals surface area contributed by atoms with E-state index in [1.165, 1.54) is 0 Å². The van der Waals surface area contributed by atoms with Crippen LogP contribution in [0, 0.1) is 0 Å². The molecule has 262 valence electrons. The topological polar surface area (TPSA) is 171 Å². The first-order chi connectivity index (χ1) is 22.8. The second-order valence-electron chi connectivity index (χ2n) is 12.1. The number of hydrogen-bond acceptors (Lipinski definition) is 6. The van der Waals surface area contributed by atoms with Gasteiger partial charge in [0, 0.05) is 72.6 Å². The number of urea groups is 1. The number of carbonyl (C=O) groups excluding carboxylic acids is 5. The highest BCUT2D eigenvalue weighted by Gasteiger charge is 2.25. The summed E-state index contributed by atoms with van der Waals surface area (Å²) in [5.41, 5.74) is 3.06. The smallest absolute Gasteiger partial charge is 0.322 e. The van der Waals surface area contributed by atoms with Crippen LogP contribution < -0.4 is 26.6 Å². The number of carbonyl (C=O) groups is 5. The third kappa shape index (κ3) is 8.91. The molecule has 5 heterocycles. The average Bonchev–Trinajstić information content (AvgIpc) is 3.38. The van der Waals surface area contributed by atoms with Crippen LogP contribution in [0.4, 0.5) is 27.5 Å². The van der Waals surface area contributed by atoms with Gasteiger partial charge in [-0.3, -0.25) is 19.2 Å². The molecule has 49 heavy (non-hydrogen) atoms. The van der Waals surface area contributed by atoms with Crippen LogP contribution in [-0.4, -0.2) is 98.0 Å². The molecule has 1 saturated heterocycles. The molecule has 0 aromatic carbocycles. The highest BCUT2D eigenvalue weighted by atomic mass is 35.5. The van der Waals surface area contributed by atoms with Crippen LogP contribution in [0.15, 0.2) is 49.1 Å². The van der Waals surface area contributed by atoms with Gasteiger partial charge in [-0.05, 0) is 51.3 Å². The van der Waals surface area contributed by atoms with Gasteiger partial charge in [0.05, 0.1) is 22.7 Å². The molecule has 0 spiro atoms. The number of aryl methyl sites for hydroxylation is 4. The van der Waals surface area contributed by atoms with Crippen molar-refractivity contribution in [2.75, 3.05) is 61.5 Å². The van der Waals surface area contributed by atoms with Gasteiger partial charge in [-0.1, -0.05) is 0 Å². The monoisotopic (exact) mass is 695 g/mol. The summed E-state index contributed by atoms with van der Waals surface area (Å²) in [5.74, 6) is -1.50. The van der Waals surface area contributed by atoms with E-state index in [4.69, 9.17) is 0 Å². The molecule has 1 fully saturated rings. The van der Waals surface area contributed by atoms with Gasteiger partial charge >= 0.3 is 6.03 Å². The molecular formula is C32H42ClN11O5. The van der Waals surface area contributed by atoms with Crippen LogP contribution in [0.1, 0.15) is 48.4 Å². The minimum atomic E-state index is -0.446. The first kappa shape index (κ1) is 36.4. The molecule has 0 radical (unpaired) electrons. The standard InChI is InChI=1S/C32H41N11O5.ClH/c1-38(2)9-7-8-33-28(44)24-12-20(16-39(24)3)34-29(45)25-13-21(17-40(25)4)35-30(46)26-14-22(18-41(26)5)36-31(47)27-15-23(19-42(27)6)37-32(48)43-10-11-43;/h12-19H,7-11H2,1-6H3,(H,33,44)(H,34,45)(H,35,46)(H,36,47)(H,37,48);1H. The molecular weight excluding hydrogens is 654 g/mol. The fourth-order valence-electron chi connectivity index (χ4n) is 5.16. The molecule has 6 amide bonds. The summed E-state index contributed by atoms with van der Waals surface area (Å²) >= 11 is 0. The SMILES string of the molecule is CN(C)CCCNC(=O)c1cc(NC(=O)c2cc(NC(=O)c3cc(NC(=O)c4cc(NC(=O)N5CC5)cn4C)cn3C)cn2C)cn1C.Cl. The van der Waals surface area contributed by atoms with E-state index in [1.807, 2.05) is 19.0 Å². The molecule has 1 aliphatic rings. The lowest BCUT2D eigenvalue weighted by atomic mass is 10.3. The number of aromatic nitrogens is 4. The Hall–Kier alpha value is -5.48. The highest BCUT2D eigenvalue weighted by molar-refractivity contribution is 6.09. The molecule has 17 heteroatoms. The van der Waals surface area contributed by atoms with Crippen molar-refractivity contribution in [3.8, 4) is 0 Å². The number of nitrogens with zero attached hydrogens (tertiary/aromatic N) is 6. The zero-order chi connectivity index (χ0) is 34.7. The van der Waals surface area contributed by atoms with E-state index in [2.05, 4.69) is 26.6 Å². The predicted octanol–water partition coefficient (Wildman–Crippen LogP) is 2.75. The number of amides is 6. The first-order valence-electron chi connectivity index (χ1n) is 15.4. The molecule has 0 atom stereocenters. The predicted molar refractivity (Wildman–Crippen MR) is 189 cm³/mol. The van der Waals surface area contributed by atoms with Gasteiger partial charge in [0.1, 0.15) is 22.8 Å². The van der Waals surface area contributed by atoms with Crippen LogP contribution in [0.25, 0.3) is 0 Å². The molecule has 5 rings (SSSR count). The molecule has 0 bridgehead atoms. The quantitative estimate of drug-likeness (QED) is 0.113. The third-order valence-corrected chi connectivity index (χ3v) is 7.78. The number of anilines is 4. The van der Waals surface area contributed by atoms with Gasteiger partial charge in [0.2, 0.25) is 0 Å². The Balaban J connectivity index is 0.00000541. The Morgan fingerprint density at radius 2 is 0.939 bits per heavy atom. The summed E-state index contributed by atoms with van der Waals surface area (Å²) < 4.78 is 6.42. The Labute approximate surface area is 289 Å². The van der Waals surface area contributed by atoms with Crippen LogP contribution in [0.2, 0.25) is 0 Å². The van der Waals surface area contributed by atoms with Crippen molar-refractivity contribution in [1.82, 2.24) is 33.4 Å². The second kappa shape index (κ2) is 15.2. The van der Waals surface area contributed by atoms with Gasteiger partial charge in [-0.2, -0.15) is 0 Å². The summed E-state index contributed by atoms with van der Waals surface area (Å²) in [6.07, 6.45) is 7.35. The van der Waals surface area contributed by atoms with Crippen molar-refractivity contribution in [2.24, 2.45) is 28.2 Å². The van der Waals surface area contributed by atoms with Gasteiger partial charge < -0.3 is 54.7 Å². The number of rotatable bonds is 12. The molecule has 4 aromatic rings. The Morgan fingerprint density at radius 1 is 0.592 bits per heavy atom. The van der Waals surface area contributed by atoms with Gasteiger partial charge in [0.25, 0.3) is 23.6 Å². The molecule has 0 aliphatic carbocycles. The lowest BCUT2D eigenvalue weighted by Crippen LogP contribution is -2.28. The van der Waals surface area contributed by atoms with Crippen LogP contribution in [0.5, 0.6) is 0 Å². The van der Waals surface area contributed by atoms with Crippen LogP contribution in [-0.2, 0) is 28.2 Å². The molecule has 1 aliphatic heterocycles. The van der Waals surface area contributed by atoms with E-state index < -0.39 is 17.7 Å². The van der Waals surface area contributed by atoms with Crippen LogP contribution >= 0.6 is 12.4 Å². The van der Waals surface area contributed by atoms with Gasteiger partial charge in [0.15, 0.2) is 0 Å². The Kier molecular flexibility index (Phi) is 11.3. The van der Waals surface area contributed by atoms with Crippen molar-refractivity contribution >= 4 is 64.8 Å². The zero-order valence-corrected chi connectivity index (χ0v) is 29.1. The molecule has 4 aromatic heterocycles. The van der Waals surface area contributed by atoms with Crippen molar-refractivity contribution in [1.29, 1.82) is 0 Å². The highest BCUT2D eigenvalue weighted by Crippen LogP contribution is 2.21. The number of halogens is 1. The fourth-order valence-corrected chi connectivity index (χ4v) is 5.16. The van der Waals surface area contributed by atoms with Gasteiger partial charge in [-0.25, -0.2) is 4.79 Å². The van der Waals surface area contributed by atoms with E-state index in [9.17, 15) is 24.0 Å². The lowest BCUT2D eigenvalue weighted by molar-refractivity contribution is 0.0942. The normalized spacial score (nSPS) is 11.9. The van der Waals surface area contributed by atoms with E-state index in [1.54, 1.807) is 100 Å². The largest absolute Gasteiger partial charge is 0.351 e. The van der Waals surface area contributed by atoms with E-state index in [-0.39, 0.29) is 35.7 Å². The molecule has 0 saturated carbocycles. The summed E-state index contributed by atoms with van der Waals surface area (Å²) in [4.78, 5) is 67.6. The van der Waals surface area contributed by atoms with Crippen molar-refractivity contribution in [3.63, 3.8) is 0 Å². The minimum absolute atomic E-state index is 0. The maximum absolute atomic E-state index is 13.2. The Morgan fingerprint density at radius 3 is 1.29 bits per heavy atom. The number of nitrogens with one attached hydrogen (secondary N) is 5. The fraction of sp³-hybridized carbons (Fsp3) is 0.344. The van der Waals surface area contributed by atoms with E-state index in [0.717, 1.165) is 13.0 Å².